The van der Waals surface area contributed by atoms with Gasteiger partial charge < -0.3 is 15.5 Å². The maximum atomic E-state index is 12.4. The largest absolute Gasteiger partial charge is 0.370 e. The van der Waals surface area contributed by atoms with Gasteiger partial charge in [0.25, 0.3) is 0 Å². The van der Waals surface area contributed by atoms with Crippen molar-refractivity contribution in [2.24, 2.45) is 11.7 Å². The number of amides is 3. The van der Waals surface area contributed by atoms with Crippen LogP contribution >= 0.6 is 0 Å². The first-order valence-corrected chi connectivity index (χ1v) is 8.81. The number of carbonyl (C=O) groups excluding carboxylic acids is 3. The van der Waals surface area contributed by atoms with E-state index in [0.717, 1.165) is 18.4 Å². The molecule has 2 N–H and O–H groups in total. The second kappa shape index (κ2) is 9.20. The summed E-state index contributed by atoms with van der Waals surface area (Å²) in [4.78, 5) is 38.8. The minimum atomic E-state index is -0.275. The molecular weight excluding hydrogens is 318 g/mol. The lowest BCUT2D eigenvalue weighted by Gasteiger charge is -2.32. The van der Waals surface area contributed by atoms with E-state index in [0.29, 0.717) is 39.0 Å². The van der Waals surface area contributed by atoms with Gasteiger partial charge in [0.2, 0.25) is 17.7 Å². The van der Waals surface area contributed by atoms with Gasteiger partial charge in [0, 0.05) is 45.9 Å². The van der Waals surface area contributed by atoms with Crippen molar-refractivity contribution in [2.75, 3.05) is 19.6 Å². The highest BCUT2D eigenvalue weighted by molar-refractivity contribution is 5.78. The molecule has 1 aliphatic rings. The standard InChI is InChI=1S/C19H27N3O3/c1-15(23)22(14-17-5-3-2-4-6-17)12-9-19(25)21-10-7-16(8-11-21)13-18(20)24/h2-6,16H,7-14H2,1H3,(H2,20,24). The summed E-state index contributed by atoms with van der Waals surface area (Å²) in [7, 11) is 0. The predicted molar refractivity (Wildman–Crippen MR) is 95.3 cm³/mol. The third kappa shape index (κ3) is 6.21. The van der Waals surface area contributed by atoms with Gasteiger partial charge in [-0.1, -0.05) is 30.3 Å². The molecule has 0 radical (unpaired) electrons. The SMILES string of the molecule is CC(=O)N(CCC(=O)N1CCC(CC(N)=O)CC1)Cc1ccccc1. The summed E-state index contributed by atoms with van der Waals surface area (Å²) in [5, 5.41) is 0. The van der Waals surface area contributed by atoms with Crippen LogP contribution < -0.4 is 5.73 Å². The Labute approximate surface area is 149 Å². The Morgan fingerprint density at radius 3 is 2.36 bits per heavy atom. The van der Waals surface area contributed by atoms with Gasteiger partial charge in [-0.25, -0.2) is 0 Å². The van der Waals surface area contributed by atoms with Crippen LogP contribution in [-0.2, 0) is 20.9 Å². The monoisotopic (exact) mass is 345 g/mol. The van der Waals surface area contributed by atoms with Crippen LogP contribution in [-0.4, -0.2) is 47.2 Å². The normalized spacial score (nSPS) is 15.0. The lowest BCUT2D eigenvalue weighted by Crippen LogP contribution is -2.41. The van der Waals surface area contributed by atoms with Crippen molar-refractivity contribution in [1.82, 2.24) is 9.80 Å². The van der Waals surface area contributed by atoms with Crippen LogP contribution in [0.1, 0.15) is 38.2 Å². The molecule has 3 amide bonds. The minimum Gasteiger partial charge on any atom is -0.370 e. The second-order valence-electron chi connectivity index (χ2n) is 6.67. The third-order valence-electron chi connectivity index (χ3n) is 4.71. The van der Waals surface area contributed by atoms with Crippen LogP contribution in [0.15, 0.2) is 30.3 Å². The van der Waals surface area contributed by atoms with E-state index in [1.807, 2.05) is 35.2 Å². The Hall–Kier alpha value is -2.37. The highest BCUT2D eigenvalue weighted by atomic mass is 16.2. The number of benzene rings is 1. The third-order valence-corrected chi connectivity index (χ3v) is 4.71. The molecule has 1 aromatic carbocycles. The zero-order valence-corrected chi connectivity index (χ0v) is 14.8. The molecule has 1 aliphatic heterocycles. The zero-order valence-electron chi connectivity index (χ0n) is 14.8. The topological polar surface area (TPSA) is 83.7 Å². The van der Waals surface area contributed by atoms with Gasteiger partial charge in [-0.15, -0.1) is 0 Å². The molecule has 0 spiro atoms. The van der Waals surface area contributed by atoms with E-state index in [1.54, 1.807) is 4.90 Å². The fourth-order valence-electron chi connectivity index (χ4n) is 3.21. The van der Waals surface area contributed by atoms with Crippen LogP contribution in [0.5, 0.6) is 0 Å². The first kappa shape index (κ1) is 19.0. The van der Waals surface area contributed by atoms with Crippen LogP contribution in [0, 0.1) is 5.92 Å². The smallest absolute Gasteiger partial charge is 0.224 e. The van der Waals surface area contributed by atoms with Crippen LogP contribution in [0.3, 0.4) is 0 Å². The van der Waals surface area contributed by atoms with Crippen LogP contribution in [0.2, 0.25) is 0 Å². The molecule has 136 valence electrons. The number of likely N-dealkylation sites (tertiary alicyclic amines) is 1. The van der Waals surface area contributed by atoms with E-state index in [9.17, 15) is 14.4 Å². The molecule has 25 heavy (non-hydrogen) atoms. The number of carbonyl (C=O) groups is 3. The Kier molecular flexibility index (Phi) is 6.98. The van der Waals surface area contributed by atoms with Crippen molar-refractivity contribution in [3.05, 3.63) is 35.9 Å². The zero-order chi connectivity index (χ0) is 18.2. The van der Waals surface area contributed by atoms with Crippen molar-refractivity contribution in [2.45, 2.75) is 39.2 Å². The van der Waals surface area contributed by atoms with Gasteiger partial charge in [0.1, 0.15) is 0 Å². The summed E-state index contributed by atoms with van der Waals surface area (Å²) < 4.78 is 0. The lowest BCUT2D eigenvalue weighted by molar-refractivity contribution is -0.134. The Morgan fingerprint density at radius 2 is 1.80 bits per heavy atom. The van der Waals surface area contributed by atoms with E-state index < -0.39 is 0 Å². The molecule has 6 nitrogen and oxygen atoms in total. The maximum absolute atomic E-state index is 12.4. The number of primary amides is 1. The first-order valence-electron chi connectivity index (χ1n) is 8.81. The molecule has 1 saturated heterocycles. The minimum absolute atomic E-state index is 0.0307. The number of nitrogens with zero attached hydrogens (tertiary/aromatic N) is 2. The van der Waals surface area contributed by atoms with Crippen molar-refractivity contribution < 1.29 is 14.4 Å². The number of hydrogen-bond acceptors (Lipinski definition) is 3. The highest BCUT2D eigenvalue weighted by Crippen LogP contribution is 2.20. The van der Waals surface area contributed by atoms with Gasteiger partial charge in [-0.05, 0) is 24.3 Å². The summed E-state index contributed by atoms with van der Waals surface area (Å²) in [6.45, 7) is 3.79. The molecule has 1 fully saturated rings. The lowest BCUT2D eigenvalue weighted by atomic mass is 9.93. The van der Waals surface area contributed by atoms with Crippen molar-refractivity contribution in [3.8, 4) is 0 Å². The molecule has 0 aromatic heterocycles. The van der Waals surface area contributed by atoms with E-state index in [2.05, 4.69) is 0 Å². The van der Waals surface area contributed by atoms with Gasteiger partial charge in [0.15, 0.2) is 0 Å². The fraction of sp³-hybridized carbons (Fsp3) is 0.526. The van der Waals surface area contributed by atoms with E-state index in [-0.39, 0.29) is 23.6 Å². The number of nitrogens with two attached hydrogens (primary N) is 1. The van der Waals surface area contributed by atoms with Gasteiger partial charge in [0.05, 0.1) is 0 Å². The Morgan fingerprint density at radius 1 is 1.16 bits per heavy atom. The fourth-order valence-corrected chi connectivity index (χ4v) is 3.21. The Bertz CT molecular complexity index is 595. The van der Waals surface area contributed by atoms with Gasteiger partial charge in [-0.2, -0.15) is 0 Å². The highest BCUT2D eigenvalue weighted by Gasteiger charge is 2.24. The number of hydrogen-bond donors (Lipinski definition) is 1. The summed E-state index contributed by atoms with van der Waals surface area (Å²) in [6.07, 6.45) is 2.36. The number of piperidine rings is 1. The molecule has 2 rings (SSSR count). The molecular formula is C19H27N3O3. The summed E-state index contributed by atoms with van der Waals surface area (Å²) in [5.74, 6) is 0.0461. The average molecular weight is 345 g/mol. The predicted octanol–water partition coefficient (Wildman–Crippen LogP) is 1.54. The van der Waals surface area contributed by atoms with Crippen molar-refractivity contribution in [3.63, 3.8) is 0 Å². The molecule has 0 saturated carbocycles. The summed E-state index contributed by atoms with van der Waals surface area (Å²) in [5.41, 5.74) is 6.29. The van der Waals surface area contributed by atoms with E-state index >= 15 is 0 Å². The summed E-state index contributed by atoms with van der Waals surface area (Å²) in [6, 6.07) is 9.76. The van der Waals surface area contributed by atoms with Crippen LogP contribution in [0.4, 0.5) is 0 Å². The molecule has 0 bridgehead atoms. The number of rotatable bonds is 7. The van der Waals surface area contributed by atoms with Gasteiger partial charge >= 0.3 is 0 Å². The van der Waals surface area contributed by atoms with E-state index in [1.165, 1.54) is 6.92 Å². The molecule has 6 heteroatoms. The summed E-state index contributed by atoms with van der Waals surface area (Å²) >= 11 is 0. The maximum Gasteiger partial charge on any atom is 0.224 e. The quantitative estimate of drug-likeness (QED) is 0.813. The average Bonchev–Trinajstić information content (AvgIpc) is 2.59. The molecule has 0 aliphatic carbocycles. The Balaban J connectivity index is 1.79. The van der Waals surface area contributed by atoms with E-state index in [4.69, 9.17) is 5.73 Å². The molecule has 0 unspecified atom stereocenters. The second-order valence-corrected chi connectivity index (χ2v) is 6.67. The molecule has 1 aromatic rings. The van der Waals surface area contributed by atoms with Crippen LogP contribution in [0.25, 0.3) is 0 Å². The van der Waals surface area contributed by atoms with Crippen molar-refractivity contribution in [1.29, 1.82) is 0 Å². The van der Waals surface area contributed by atoms with Crippen molar-refractivity contribution >= 4 is 17.7 Å². The van der Waals surface area contributed by atoms with Gasteiger partial charge in [-0.3, -0.25) is 14.4 Å². The first-order chi connectivity index (χ1) is 12.0. The molecule has 1 heterocycles. The molecule has 0 atom stereocenters.